The molecule has 3 aromatic rings. The van der Waals surface area contributed by atoms with Gasteiger partial charge in [0, 0.05) is 42.3 Å². The van der Waals surface area contributed by atoms with E-state index in [1.807, 2.05) is 33.2 Å². The summed E-state index contributed by atoms with van der Waals surface area (Å²) in [6.07, 6.45) is 4.90. The topological polar surface area (TPSA) is 117 Å². The summed E-state index contributed by atoms with van der Waals surface area (Å²) in [6, 6.07) is 7.81. The van der Waals surface area contributed by atoms with Gasteiger partial charge in [0.15, 0.2) is 18.1 Å². The zero-order chi connectivity index (χ0) is 24.7. The van der Waals surface area contributed by atoms with Gasteiger partial charge in [0.1, 0.15) is 6.04 Å². The molecule has 2 aliphatic rings. The SMILES string of the molecule is CC(C)(C)c1oc(=O)oc1COC(=O)[C@H](Cc1ncn2c1CCc1ccccc1-2)N1CC[C@H](N)C1. The standard InChI is InChI=1S/C26H32N4O5/c1-26(2,3)23-22(34-25(32)35-23)14-33-24(31)21(29-11-10-17(27)13-29)12-18-20-9-8-16-6-4-5-7-19(16)30(20)15-28-18/h4-7,15,17,21H,8-14,27H2,1-3H3/t17-,21-/m0/s1. The highest BCUT2D eigenvalue weighted by Gasteiger charge is 2.35. The predicted molar refractivity (Wildman–Crippen MR) is 128 cm³/mol. The molecule has 0 unspecified atom stereocenters. The second kappa shape index (κ2) is 9.13. The van der Waals surface area contributed by atoms with E-state index >= 15 is 0 Å². The number of ether oxygens (including phenoxy) is 1. The van der Waals surface area contributed by atoms with E-state index in [1.165, 1.54) is 5.56 Å². The van der Waals surface area contributed by atoms with Crippen molar-refractivity contribution in [1.82, 2.24) is 14.5 Å². The maximum Gasteiger partial charge on any atom is 0.519 e. The molecule has 2 aliphatic heterocycles. The van der Waals surface area contributed by atoms with Crippen molar-refractivity contribution < 1.29 is 18.4 Å². The van der Waals surface area contributed by atoms with Crippen LogP contribution in [0.3, 0.4) is 0 Å². The number of carbonyl (C=O) groups is 1. The summed E-state index contributed by atoms with van der Waals surface area (Å²) in [7, 11) is 0. The van der Waals surface area contributed by atoms with Crippen LogP contribution in [0, 0.1) is 0 Å². The molecular weight excluding hydrogens is 448 g/mol. The number of nitrogens with zero attached hydrogens (tertiary/aromatic N) is 3. The second-order valence-electron chi connectivity index (χ2n) is 10.5. The van der Waals surface area contributed by atoms with Crippen molar-refractivity contribution in [1.29, 1.82) is 0 Å². The van der Waals surface area contributed by atoms with E-state index in [1.54, 1.807) is 0 Å². The summed E-state index contributed by atoms with van der Waals surface area (Å²) in [4.78, 5) is 31.9. The van der Waals surface area contributed by atoms with E-state index < -0.39 is 17.3 Å². The second-order valence-corrected chi connectivity index (χ2v) is 10.5. The smallest absolute Gasteiger partial charge is 0.456 e. The number of para-hydroxylation sites is 1. The summed E-state index contributed by atoms with van der Waals surface area (Å²) in [5.74, 6) is -0.561. The number of aromatic nitrogens is 2. The Kier molecular flexibility index (Phi) is 6.14. The third-order valence-electron chi connectivity index (χ3n) is 6.86. The molecule has 0 saturated carbocycles. The molecule has 9 heteroatoms. The minimum atomic E-state index is -0.798. The van der Waals surface area contributed by atoms with Crippen molar-refractivity contribution in [3.8, 4) is 5.69 Å². The van der Waals surface area contributed by atoms with Crippen LogP contribution in [0.25, 0.3) is 5.69 Å². The van der Waals surface area contributed by atoms with Crippen LogP contribution >= 0.6 is 0 Å². The van der Waals surface area contributed by atoms with Gasteiger partial charge in [-0.05, 0) is 30.9 Å². The number of carbonyl (C=O) groups excluding carboxylic acids is 1. The monoisotopic (exact) mass is 480 g/mol. The van der Waals surface area contributed by atoms with E-state index in [-0.39, 0.29) is 24.4 Å². The van der Waals surface area contributed by atoms with Crippen molar-refractivity contribution in [2.75, 3.05) is 13.1 Å². The maximum absolute atomic E-state index is 13.4. The van der Waals surface area contributed by atoms with Crippen LogP contribution in [0.2, 0.25) is 0 Å². The van der Waals surface area contributed by atoms with Crippen molar-refractivity contribution in [3.05, 3.63) is 69.7 Å². The largest absolute Gasteiger partial charge is 0.519 e. The number of imidazole rings is 1. The average molecular weight is 481 g/mol. The molecule has 0 bridgehead atoms. The molecule has 186 valence electrons. The lowest BCUT2D eigenvalue weighted by atomic mass is 9.92. The number of aryl methyl sites for hydroxylation is 1. The highest BCUT2D eigenvalue weighted by atomic mass is 16.6. The highest BCUT2D eigenvalue weighted by molar-refractivity contribution is 5.76. The molecule has 2 N–H and O–H groups in total. The van der Waals surface area contributed by atoms with Crippen LogP contribution in [0.15, 0.2) is 44.2 Å². The minimum absolute atomic E-state index is 0.0208. The Labute approximate surface area is 203 Å². The Balaban J connectivity index is 1.38. The summed E-state index contributed by atoms with van der Waals surface area (Å²) in [6.45, 7) is 6.88. The first-order valence-electron chi connectivity index (χ1n) is 12.1. The molecule has 0 aliphatic carbocycles. The van der Waals surface area contributed by atoms with Crippen molar-refractivity contribution >= 4 is 5.97 Å². The van der Waals surface area contributed by atoms with E-state index in [9.17, 15) is 9.59 Å². The average Bonchev–Trinajstić information content (AvgIpc) is 3.53. The molecule has 2 atom stereocenters. The summed E-state index contributed by atoms with van der Waals surface area (Å²) in [5, 5.41) is 0. The van der Waals surface area contributed by atoms with Crippen LogP contribution in [0.4, 0.5) is 0 Å². The van der Waals surface area contributed by atoms with E-state index in [0.29, 0.717) is 25.3 Å². The fraction of sp³-hybridized carbons (Fsp3) is 0.500. The van der Waals surface area contributed by atoms with Gasteiger partial charge in [-0.15, -0.1) is 0 Å². The third kappa shape index (κ3) is 4.70. The van der Waals surface area contributed by atoms with E-state index in [0.717, 1.165) is 36.3 Å². The number of likely N-dealkylation sites (tertiary alicyclic amines) is 1. The van der Waals surface area contributed by atoms with Gasteiger partial charge >= 0.3 is 11.8 Å². The van der Waals surface area contributed by atoms with Crippen LogP contribution in [0.5, 0.6) is 0 Å². The Hall–Kier alpha value is -3.17. The minimum Gasteiger partial charge on any atom is -0.456 e. The van der Waals surface area contributed by atoms with Crippen molar-refractivity contribution in [2.45, 2.75) is 70.6 Å². The van der Waals surface area contributed by atoms with E-state index in [4.69, 9.17) is 24.3 Å². The molecule has 1 fully saturated rings. The lowest BCUT2D eigenvalue weighted by Crippen LogP contribution is -2.43. The van der Waals surface area contributed by atoms with Gasteiger partial charge in [0.25, 0.3) is 0 Å². The first-order valence-corrected chi connectivity index (χ1v) is 12.1. The number of rotatable bonds is 6. The lowest BCUT2D eigenvalue weighted by molar-refractivity contribution is -0.151. The summed E-state index contributed by atoms with van der Waals surface area (Å²) in [5.41, 5.74) is 10.2. The summed E-state index contributed by atoms with van der Waals surface area (Å²) >= 11 is 0. The molecular formula is C26H32N4O5. The fourth-order valence-electron chi connectivity index (χ4n) is 5.11. The third-order valence-corrected chi connectivity index (χ3v) is 6.86. The molecule has 0 spiro atoms. The molecule has 35 heavy (non-hydrogen) atoms. The Morgan fingerprint density at radius 3 is 2.80 bits per heavy atom. The summed E-state index contributed by atoms with van der Waals surface area (Å²) < 4.78 is 18.2. The molecule has 9 nitrogen and oxygen atoms in total. The van der Waals surface area contributed by atoms with Gasteiger partial charge in [0.2, 0.25) is 0 Å². The highest BCUT2D eigenvalue weighted by Crippen LogP contribution is 2.29. The zero-order valence-corrected chi connectivity index (χ0v) is 20.5. The molecule has 0 amide bonds. The fourth-order valence-corrected chi connectivity index (χ4v) is 5.11. The van der Waals surface area contributed by atoms with Crippen LogP contribution in [-0.4, -0.2) is 45.6 Å². The van der Waals surface area contributed by atoms with Crippen molar-refractivity contribution in [2.24, 2.45) is 5.73 Å². The number of nitrogens with two attached hydrogens (primary N) is 1. The quantitative estimate of drug-likeness (QED) is 0.535. The molecule has 0 radical (unpaired) electrons. The Bertz CT molecular complexity index is 1280. The van der Waals surface area contributed by atoms with Gasteiger partial charge in [-0.25, -0.2) is 9.78 Å². The van der Waals surface area contributed by atoms with Gasteiger partial charge in [-0.1, -0.05) is 39.0 Å². The van der Waals surface area contributed by atoms with Crippen LogP contribution in [0.1, 0.15) is 55.7 Å². The number of benzene rings is 1. The van der Waals surface area contributed by atoms with Crippen molar-refractivity contribution in [3.63, 3.8) is 0 Å². The molecule has 1 aromatic carbocycles. The Morgan fingerprint density at radius 2 is 2.06 bits per heavy atom. The molecule has 2 aromatic heterocycles. The van der Waals surface area contributed by atoms with Crippen LogP contribution < -0.4 is 11.6 Å². The lowest BCUT2D eigenvalue weighted by Gasteiger charge is -2.26. The molecule has 1 saturated heterocycles. The number of hydrogen-bond acceptors (Lipinski definition) is 8. The number of hydrogen-bond donors (Lipinski definition) is 1. The first kappa shape index (κ1) is 23.6. The van der Waals surface area contributed by atoms with Gasteiger partial charge in [-0.3, -0.25) is 9.69 Å². The normalized spacial score (nSPS) is 18.8. The van der Waals surface area contributed by atoms with Gasteiger partial charge in [-0.2, -0.15) is 0 Å². The number of esters is 1. The predicted octanol–water partition coefficient (Wildman–Crippen LogP) is 2.50. The number of fused-ring (bicyclic) bond motifs is 3. The zero-order valence-electron chi connectivity index (χ0n) is 20.5. The van der Waals surface area contributed by atoms with E-state index in [2.05, 4.69) is 27.7 Å². The molecule has 4 heterocycles. The van der Waals surface area contributed by atoms with Crippen LogP contribution in [-0.2, 0) is 40.8 Å². The van der Waals surface area contributed by atoms with Gasteiger partial charge in [0.05, 0.1) is 12.0 Å². The maximum atomic E-state index is 13.4. The first-order chi connectivity index (χ1) is 16.7. The van der Waals surface area contributed by atoms with Gasteiger partial charge < -0.3 is 23.9 Å². The Morgan fingerprint density at radius 1 is 1.26 bits per heavy atom. The molecule has 5 rings (SSSR count).